The molecule has 116 valence electrons. The van der Waals surface area contributed by atoms with Crippen molar-refractivity contribution in [1.29, 1.82) is 5.26 Å². The molecule has 0 radical (unpaired) electrons. The van der Waals surface area contributed by atoms with Gasteiger partial charge in [-0.3, -0.25) is 10.1 Å². The number of nitrogens with one attached hydrogen (secondary N) is 3. The highest BCUT2D eigenvalue weighted by atomic mass is 16.2. The van der Waals surface area contributed by atoms with E-state index in [1.165, 1.54) is 0 Å². The van der Waals surface area contributed by atoms with Gasteiger partial charge in [-0.25, -0.2) is 4.99 Å². The van der Waals surface area contributed by atoms with Crippen LogP contribution in [-0.2, 0) is 4.79 Å². The summed E-state index contributed by atoms with van der Waals surface area (Å²) < 4.78 is 0. The van der Waals surface area contributed by atoms with Gasteiger partial charge < -0.3 is 16.4 Å². The average molecular weight is 300 g/mol. The number of nitrogens with zero attached hydrogens (tertiary/aromatic N) is 2. The highest BCUT2D eigenvalue weighted by Crippen LogP contribution is 2.15. The largest absolute Gasteiger partial charge is 0.370 e. The van der Waals surface area contributed by atoms with Gasteiger partial charge in [0.25, 0.3) is 0 Å². The Labute approximate surface area is 129 Å². The number of hydrogen-bond donors (Lipinski definition) is 4. The van der Waals surface area contributed by atoms with E-state index in [4.69, 9.17) is 11.0 Å². The molecule has 1 heterocycles. The van der Waals surface area contributed by atoms with Crippen LogP contribution in [0.25, 0.3) is 0 Å². The molecule has 22 heavy (non-hydrogen) atoms. The molecule has 7 nitrogen and oxygen atoms in total. The van der Waals surface area contributed by atoms with Crippen LogP contribution in [0.15, 0.2) is 29.3 Å². The second-order valence-electron chi connectivity index (χ2n) is 5.29. The monoisotopic (exact) mass is 300 g/mol. The Hall–Kier alpha value is -2.59. The summed E-state index contributed by atoms with van der Waals surface area (Å²) >= 11 is 0. The van der Waals surface area contributed by atoms with E-state index in [-0.39, 0.29) is 30.2 Å². The normalized spacial score (nSPS) is 25.2. The maximum absolute atomic E-state index is 12.0. The third kappa shape index (κ3) is 3.74. The molecule has 1 fully saturated rings. The summed E-state index contributed by atoms with van der Waals surface area (Å²) in [7, 11) is 0. The number of rotatable bonds is 3. The maximum atomic E-state index is 12.0. The molecule has 1 saturated heterocycles. The van der Waals surface area contributed by atoms with Crippen molar-refractivity contribution in [1.82, 2.24) is 10.6 Å². The van der Waals surface area contributed by atoms with Crippen LogP contribution in [0.2, 0.25) is 0 Å². The lowest BCUT2D eigenvalue weighted by Gasteiger charge is -2.32. The van der Waals surface area contributed by atoms with Gasteiger partial charge in [0.05, 0.1) is 12.0 Å². The number of nitriles is 1. The third-order valence-corrected chi connectivity index (χ3v) is 3.63. The fraction of sp³-hybridized carbons (Fsp3) is 0.400. The first-order valence-corrected chi connectivity index (χ1v) is 7.10. The molecule has 1 aromatic rings. The van der Waals surface area contributed by atoms with E-state index in [0.29, 0.717) is 0 Å². The van der Waals surface area contributed by atoms with E-state index in [1.54, 1.807) is 0 Å². The van der Waals surface area contributed by atoms with Crippen LogP contribution in [0, 0.1) is 24.2 Å². The Balaban J connectivity index is 2.03. The first-order chi connectivity index (χ1) is 10.5. The molecule has 0 spiro atoms. The molecule has 0 bridgehead atoms. The Bertz CT molecular complexity index is 621. The lowest BCUT2D eigenvalue weighted by atomic mass is 9.95. The molecule has 3 unspecified atom stereocenters. The highest BCUT2D eigenvalue weighted by Gasteiger charge is 2.33. The lowest BCUT2D eigenvalue weighted by Crippen LogP contribution is -2.60. The smallest absolute Gasteiger partial charge is 0.228 e. The van der Waals surface area contributed by atoms with E-state index < -0.39 is 6.29 Å². The molecule has 2 rings (SSSR count). The van der Waals surface area contributed by atoms with E-state index >= 15 is 0 Å². The van der Waals surface area contributed by atoms with Crippen molar-refractivity contribution in [3.8, 4) is 6.07 Å². The van der Waals surface area contributed by atoms with Crippen molar-refractivity contribution in [3.63, 3.8) is 0 Å². The molecular formula is C15H20N6O. The van der Waals surface area contributed by atoms with Crippen LogP contribution in [0.4, 0.5) is 5.69 Å². The van der Waals surface area contributed by atoms with Crippen molar-refractivity contribution in [2.75, 3.05) is 5.32 Å². The zero-order valence-electron chi connectivity index (χ0n) is 12.6. The minimum atomic E-state index is -0.603. The number of hydrogen-bond acceptors (Lipinski definition) is 4. The Kier molecular flexibility index (Phi) is 4.96. The fourth-order valence-corrected chi connectivity index (χ4v) is 2.34. The van der Waals surface area contributed by atoms with Gasteiger partial charge in [0.15, 0.2) is 12.2 Å². The van der Waals surface area contributed by atoms with Crippen molar-refractivity contribution < 1.29 is 4.79 Å². The summed E-state index contributed by atoms with van der Waals surface area (Å²) in [5.41, 5.74) is 7.79. The topological polar surface area (TPSA) is 115 Å². The molecule has 0 aromatic heterocycles. The number of guanidine groups is 1. The van der Waals surface area contributed by atoms with Crippen LogP contribution in [0.5, 0.6) is 0 Å². The molecule has 1 aliphatic rings. The number of anilines is 1. The Morgan fingerprint density at radius 1 is 1.50 bits per heavy atom. The first-order valence-electron chi connectivity index (χ1n) is 7.10. The summed E-state index contributed by atoms with van der Waals surface area (Å²) in [4.78, 5) is 16.2. The molecule has 0 aliphatic carbocycles. The Morgan fingerprint density at radius 3 is 2.86 bits per heavy atom. The lowest BCUT2D eigenvalue weighted by molar-refractivity contribution is -0.129. The summed E-state index contributed by atoms with van der Waals surface area (Å²) in [5.74, 6) is -0.356. The second-order valence-corrected chi connectivity index (χ2v) is 5.29. The van der Waals surface area contributed by atoms with Crippen LogP contribution in [0.1, 0.15) is 18.9 Å². The molecule has 1 aromatic carbocycles. The molecule has 7 heteroatoms. The van der Waals surface area contributed by atoms with Gasteiger partial charge in [-0.15, -0.1) is 0 Å². The number of benzene rings is 1. The number of para-hydroxylation sites is 1. The number of aliphatic imine (C=N–C) groups is 1. The van der Waals surface area contributed by atoms with Crippen LogP contribution >= 0.6 is 0 Å². The number of aryl methyl sites for hydroxylation is 1. The summed E-state index contributed by atoms with van der Waals surface area (Å²) in [6, 6.07) is 9.58. The molecule has 5 N–H and O–H groups in total. The maximum Gasteiger partial charge on any atom is 0.228 e. The minimum absolute atomic E-state index is 0.145. The summed E-state index contributed by atoms with van der Waals surface area (Å²) in [6.45, 7) is 3.82. The van der Waals surface area contributed by atoms with Gasteiger partial charge in [-0.1, -0.05) is 18.2 Å². The predicted octanol–water partition coefficient (Wildman–Crippen LogP) is 0.643. The van der Waals surface area contributed by atoms with Crippen LogP contribution in [0.3, 0.4) is 0 Å². The predicted molar refractivity (Wildman–Crippen MR) is 84.7 cm³/mol. The zero-order valence-corrected chi connectivity index (χ0v) is 12.6. The van der Waals surface area contributed by atoms with Gasteiger partial charge in [-0.2, -0.15) is 5.26 Å². The quantitative estimate of drug-likeness (QED) is 0.483. The van der Waals surface area contributed by atoms with Crippen molar-refractivity contribution in [3.05, 3.63) is 29.8 Å². The van der Waals surface area contributed by atoms with Gasteiger partial charge in [0.2, 0.25) is 5.91 Å². The standard InChI is InChI=1S/C15H20N6O/c1-9-5-3-4-6-12(9)19-14(17)21-15-18-10(2)11(7-8-16)13(22)20-15/h3-6,10-11,15,18H,7H2,1-2H3,(H,20,22)(H3,17,19,21). The first kappa shape index (κ1) is 15.8. The number of amides is 1. The van der Waals surface area contributed by atoms with Gasteiger partial charge in [0, 0.05) is 18.2 Å². The third-order valence-electron chi connectivity index (χ3n) is 3.63. The minimum Gasteiger partial charge on any atom is -0.370 e. The summed E-state index contributed by atoms with van der Waals surface area (Å²) in [6.07, 6.45) is -0.429. The van der Waals surface area contributed by atoms with Crippen molar-refractivity contribution >= 4 is 17.6 Å². The van der Waals surface area contributed by atoms with E-state index in [0.717, 1.165) is 11.3 Å². The number of carbonyl (C=O) groups excluding carboxylic acids is 1. The fourth-order valence-electron chi connectivity index (χ4n) is 2.34. The van der Waals surface area contributed by atoms with E-state index in [2.05, 4.69) is 20.9 Å². The molecule has 3 atom stereocenters. The average Bonchev–Trinajstić information content (AvgIpc) is 2.45. The SMILES string of the molecule is Cc1ccccc1N/C(N)=N/C1NC(=O)C(CC#N)C(C)N1. The van der Waals surface area contributed by atoms with Gasteiger partial charge in [0.1, 0.15) is 0 Å². The Morgan fingerprint density at radius 2 is 2.23 bits per heavy atom. The highest BCUT2D eigenvalue weighted by molar-refractivity contribution is 5.93. The molecule has 1 amide bonds. The molecular weight excluding hydrogens is 280 g/mol. The second kappa shape index (κ2) is 6.91. The zero-order chi connectivity index (χ0) is 16.1. The van der Waals surface area contributed by atoms with Crippen molar-refractivity contribution in [2.24, 2.45) is 16.6 Å². The van der Waals surface area contributed by atoms with E-state index in [9.17, 15) is 4.79 Å². The molecule has 1 aliphatic heterocycles. The van der Waals surface area contributed by atoms with Gasteiger partial charge >= 0.3 is 0 Å². The summed E-state index contributed by atoms with van der Waals surface area (Å²) in [5, 5.41) is 17.6. The molecule has 0 saturated carbocycles. The van der Waals surface area contributed by atoms with Crippen LogP contribution in [-0.4, -0.2) is 24.2 Å². The van der Waals surface area contributed by atoms with Crippen molar-refractivity contribution in [2.45, 2.75) is 32.6 Å². The van der Waals surface area contributed by atoms with Crippen LogP contribution < -0.4 is 21.7 Å². The number of nitrogens with two attached hydrogens (primary N) is 1. The number of carbonyl (C=O) groups is 1. The van der Waals surface area contributed by atoms with Gasteiger partial charge in [-0.05, 0) is 25.5 Å². The van der Waals surface area contributed by atoms with E-state index in [1.807, 2.05) is 44.2 Å².